The summed E-state index contributed by atoms with van der Waals surface area (Å²) in [6.45, 7) is 14.8. The van der Waals surface area contributed by atoms with E-state index in [4.69, 9.17) is 14.2 Å². The van der Waals surface area contributed by atoms with E-state index in [0.29, 0.717) is 18.9 Å². The lowest BCUT2D eigenvalue weighted by molar-refractivity contribution is -0.258. The van der Waals surface area contributed by atoms with Crippen LogP contribution >= 0.6 is 0 Å². The second kappa shape index (κ2) is 12.0. The van der Waals surface area contributed by atoms with Crippen molar-refractivity contribution in [1.29, 1.82) is 0 Å². The maximum atomic E-state index is 13.6. The van der Waals surface area contributed by atoms with Crippen molar-refractivity contribution in [3.8, 4) is 0 Å². The second-order valence-electron chi connectivity index (χ2n) is 14.7. The van der Waals surface area contributed by atoms with Gasteiger partial charge in [0.2, 0.25) is 0 Å². The highest BCUT2D eigenvalue weighted by Crippen LogP contribution is 2.69. The zero-order valence-electron chi connectivity index (χ0n) is 27.5. The fraction of sp³-hybridized carbons (Fsp3) is 0.824. The molecule has 0 heterocycles. The van der Waals surface area contributed by atoms with E-state index in [9.17, 15) is 19.2 Å². The lowest BCUT2D eigenvalue weighted by Gasteiger charge is -2.65. The van der Waals surface area contributed by atoms with E-state index in [1.165, 1.54) is 13.8 Å². The molecule has 0 saturated heterocycles. The molecule has 4 saturated carbocycles. The fourth-order valence-corrected chi connectivity index (χ4v) is 9.84. The van der Waals surface area contributed by atoms with Crippen LogP contribution in [0.25, 0.3) is 0 Å². The standard InChI is InChI=1S/C34H53NO7/c1-18(2)19(3)15-29(39)42-31-30-24(26-12-11-25(20(4)36)34(26,8)32(31)41-22(6)38)17-28(40-21(5)37)27-16-23(35(9)10)13-14-33(27,30)7/h23-28,30-32H,11-17H2,1-10H3/t23-,24-,25+,26-,27-,28+,30+,31-,32+,33-,34+/m0/s1. The SMILES string of the molecule is CC(=O)O[C@@H]1[C@@H](OC(=O)CC(C)=C(C)C)[C@H]2[C@@H](C[C@@H](OC(C)=O)[C@@H]3C[C@@H](N(C)C)CC[C@]23C)[C@@H]2CC[C@H](C(C)=O)[C@@]12C. The molecule has 0 aromatic rings. The topological polar surface area (TPSA) is 99.2 Å². The first kappa shape index (κ1) is 32.7. The summed E-state index contributed by atoms with van der Waals surface area (Å²) in [7, 11) is 4.19. The van der Waals surface area contributed by atoms with E-state index in [2.05, 4.69) is 32.8 Å². The van der Waals surface area contributed by atoms with Crippen LogP contribution in [0.4, 0.5) is 0 Å². The highest BCUT2D eigenvalue weighted by Gasteiger charge is 2.71. The van der Waals surface area contributed by atoms with E-state index in [1.54, 1.807) is 6.92 Å². The van der Waals surface area contributed by atoms with Crippen LogP contribution in [-0.4, -0.2) is 67.0 Å². The lowest BCUT2D eigenvalue weighted by atomic mass is 9.42. The smallest absolute Gasteiger partial charge is 0.310 e. The molecule has 0 amide bonds. The Bertz CT molecular complexity index is 1120. The number of ether oxygens (including phenoxy) is 3. The van der Waals surface area contributed by atoms with Gasteiger partial charge in [-0.2, -0.15) is 0 Å². The van der Waals surface area contributed by atoms with Gasteiger partial charge in [0.1, 0.15) is 24.1 Å². The molecule has 4 aliphatic carbocycles. The van der Waals surface area contributed by atoms with Crippen molar-refractivity contribution in [1.82, 2.24) is 4.90 Å². The predicted octanol–water partition coefficient (Wildman–Crippen LogP) is 5.52. The fourth-order valence-electron chi connectivity index (χ4n) is 9.84. The zero-order valence-corrected chi connectivity index (χ0v) is 27.5. The summed E-state index contributed by atoms with van der Waals surface area (Å²) in [4.78, 5) is 54.1. The minimum Gasteiger partial charge on any atom is -0.462 e. The van der Waals surface area contributed by atoms with Crippen LogP contribution in [0.5, 0.6) is 0 Å². The average molecular weight is 588 g/mol. The van der Waals surface area contributed by atoms with Crippen molar-refractivity contribution < 1.29 is 33.4 Å². The molecule has 0 aromatic heterocycles. The van der Waals surface area contributed by atoms with E-state index >= 15 is 0 Å². The molecule has 0 aliphatic heterocycles. The summed E-state index contributed by atoms with van der Waals surface area (Å²) in [5.74, 6) is -1.19. The summed E-state index contributed by atoms with van der Waals surface area (Å²) in [5, 5.41) is 0. The van der Waals surface area contributed by atoms with Crippen LogP contribution in [0.15, 0.2) is 11.1 Å². The minimum absolute atomic E-state index is 0.0509. The van der Waals surface area contributed by atoms with Gasteiger partial charge >= 0.3 is 17.9 Å². The molecule has 42 heavy (non-hydrogen) atoms. The molecular weight excluding hydrogens is 534 g/mol. The third-order valence-corrected chi connectivity index (χ3v) is 12.0. The van der Waals surface area contributed by atoms with Crippen LogP contribution in [0, 0.1) is 40.4 Å². The summed E-state index contributed by atoms with van der Waals surface area (Å²) in [6.07, 6.45) is 3.39. The largest absolute Gasteiger partial charge is 0.462 e. The Kier molecular flexibility index (Phi) is 9.38. The molecule has 0 spiro atoms. The molecular formula is C34H53NO7. The molecule has 4 aliphatic rings. The number of hydrogen-bond acceptors (Lipinski definition) is 8. The van der Waals surface area contributed by atoms with E-state index < -0.39 is 23.6 Å². The van der Waals surface area contributed by atoms with Crippen LogP contribution in [0.2, 0.25) is 0 Å². The van der Waals surface area contributed by atoms with Gasteiger partial charge in [0.25, 0.3) is 0 Å². The van der Waals surface area contributed by atoms with Crippen molar-refractivity contribution >= 4 is 23.7 Å². The molecule has 0 bridgehead atoms. The number of Topliss-reactive ketones (excluding diaryl/α,β-unsaturated/α-hetero) is 1. The molecule has 236 valence electrons. The first-order chi connectivity index (χ1) is 19.5. The number of esters is 3. The van der Waals surface area contributed by atoms with E-state index in [1.807, 2.05) is 20.8 Å². The summed E-state index contributed by atoms with van der Waals surface area (Å²) >= 11 is 0. The molecule has 0 radical (unpaired) electrons. The van der Waals surface area contributed by atoms with Crippen molar-refractivity contribution in [3.63, 3.8) is 0 Å². The van der Waals surface area contributed by atoms with Crippen molar-refractivity contribution in [2.75, 3.05) is 14.1 Å². The second-order valence-corrected chi connectivity index (χ2v) is 14.7. The van der Waals surface area contributed by atoms with Crippen molar-refractivity contribution in [2.24, 2.45) is 40.4 Å². The normalized spacial score (nSPS) is 40.7. The maximum Gasteiger partial charge on any atom is 0.310 e. The number of hydrogen-bond donors (Lipinski definition) is 0. The Morgan fingerprint density at radius 1 is 0.810 bits per heavy atom. The highest BCUT2D eigenvalue weighted by atomic mass is 16.6. The zero-order chi connectivity index (χ0) is 31.3. The van der Waals surface area contributed by atoms with Crippen molar-refractivity contribution in [3.05, 3.63) is 11.1 Å². The summed E-state index contributed by atoms with van der Waals surface area (Å²) in [6, 6.07) is 0.352. The number of nitrogens with zero attached hydrogens (tertiary/aromatic N) is 1. The predicted molar refractivity (Wildman–Crippen MR) is 159 cm³/mol. The molecule has 8 heteroatoms. The average Bonchev–Trinajstić information content (AvgIpc) is 3.23. The third kappa shape index (κ3) is 5.69. The Labute approximate surface area is 252 Å². The monoisotopic (exact) mass is 587 g/mol. The summed E-state index contributed by atoms with van der Waals surface area (Å²) < 4.78 is 18.8. The molecule has 4 fully saturated rings. The van der Waals surface area contributed by atoms with Gasteiger partial charge < -0.3 is 19.1 Å². The van der Waals surface area contributed by atoms with Crippen LogP contribution < -0.4 is 0 Å². The Morgan fingerprint density at radius 3 is 2.00 bits per heavy atom. The Morgan fingerprint density at radius 2 is 1.45 bits per heavy atom. The van der Waals surface area contributed by atoms with Gasteiger partial charge in [0.05, 0.1) is 6.42 Å². The van der Waals surface area contributed by atoms with Crippen LogP contribution in [-0.2, 0) is 33.4 Å². The third-order valence-electron chi connectivity index (χ3n) is 12.0. The number of carbonyl (C=O) groups excluding carboxylic acids is 4. The Balaban J connectivity index is 1.88. The van der Waals surface area contributed by atoms with Gasteiger partial charge in [0, 0.05) is 43.1 Å². The summed E-state index contributed by atoms with van der Waals surface area (Å²) in [5.41, 5.74) is 1.01. The molecule has 0 N–H and O–H groups in total. The van der Waals surface area contributed by atoms with Crippen molar-refractivity contribution in [2.45, 2.75) is 125 Å². The number of carbonyl (C=O) groups is 4. The first-order valence-electron chi connectivity index (χ1n) is 15.9. The Hall–Kier alpha value is -2.22. The van der Waals surface area contributed by atoms with Gasteiger partial charge in [-0.3, -0.25) is 19.2 Å². The van der Waals surface area contributed by atoms with E-state index in [-0.39, 0.29) is 65.3 Å². The number of allylic oxidation sites excluding steroid dienone is 1. The maximum absolute atomic E-state index is 13.6. The number of rotatable bonds is 7. The molecule has 0 unspecified atom stereocenters. The lowest BCUT2D eigenvalue weighted by Crippen LogP contribution is -2.69. The number of ketones is 1. The van der Waals surface area contributed by atoms with Gasteiger partial charge in [-0.05, 0) is 97.6 Å². The molecule has 11 atom stereocenters. The minimum atomic E-state index is -0.733. The van der Waals surface area contributed by atoms with Crippen LogP contribution in [0.3, 0.4) is 0 Å². The quantitative estimate of drug-likeness (QED) is 0.218. The van der Waals surface area contributed by atoms with Crippen LogP contribution in [0.1, 0.15) is 100 Å². The van der Waals surface area contributed by atoms with Gasteiger partial charge in [-0.1, -0.05) is 25.0 Å². The van der Waals surface area contributed by atoms with Gasteiger partial charge in [-0.15, -0.1) is 0 Å². The molecule has 4 rings (SSSR count). The molecule has 8 nitrogen and oxygen atoms in total. The van der Waals surface area contributed by atoms with Gasteiger partial charge in [0.15, 0.2) is 0 Å². The molecule has 0 aromatic carbocycles. The first-order valence-corrected chi connectivity index (χ1v) is 15.9. The van der Waals surface area contributed by atoms with Gasteiger partial charge in [-0.25, -0.2) is 0 Å². The highest BCUT2D eigenvalue weighted by molar-refractivity contribution is 5.80. The number of fused-ring (bicyclic) bond motifs is 5. The van der Waals surface area contributed by atoms with E-state index in [0.717, 1.165) is 36.8 Å².